The van der Waals surface area contributed by atoms with Crippen LogP contribution >= 0.6 is 11.3 Å². The zero-order chi connectivity index (χ0) is 22.7. The molecule has 2 fully saturated rings. The average Bonchev–Trinajstić information content (AvgIpc) is 3.30. The molecule has 1 aliphatic carbocycles. The van der Waals surface area contributed by atoms with Gasteiger partial charge in [-0.15, -0.1) is 0 Å². The van der Waals surface area contributed by atoms with E-state index in [-0.39, 0.29) is 28.6 Å². The van der Waals surface area contributed by atoms with Crippen LogP contribution in [0.1, 0.15) is 48.8 Å². The Kier molecular flexibility index (Phi) is 4.67. The highest BCUT2D eigenvalue weighted by atomic mass is 32.1. The van der Waals surface area contributed by atoms with Gasteiger partial charge in [-0.05, 0) is 18.3 Å². The molecule has 1 saturated carbocycles. The largest absolute Gasteiger partial charge is 0.288 e. The van der Waals surface area contributed by atoms with Gasteiger partial charge in [-0.2, -0.15) is 0 Å². The third kappa shape index (κ3) is 2.82. The lowest BCUT2D eigenvalue weighted by atomic mass is 9.62. The van der Waals surface area contributed by atoms with Crippen molar-refractivity contribution in [1.82, 2.24) is 4.98 Å². The Bertz CT molecular complexity index is 1230. The Hall–Kier alpha value is -3.12. The smallest absolute Gasteiger partial charge is 0.242 e. The number of piperidine rings is 1. The molecule has 5 rings (SSSR count). The zero-order valence-corrected chi connectivity index (χ0v) is 19.1. The van der Waals surface area contributed by atoms with Crippen molar-refractivity contribution in [2.45, 2.75) is 33.6 Å². The fourth-order valence-corrected chi connectivity index (χ4v) is 6.12. The highest BCUT2D eigenvalue weighted by Gasteiger charge is 2.65. The molecule has 1 saturated heterocycles. The SMILES string of the molecule is CC1(C)[C@H]2CC[C@]1(C)C(=O)N(c1nc(-c3ccccc3)c(C(=O)c3ccccc3)s1)C2=O. The van der Waals surface area contributed by atoms with Crippen LogP contribution in [-0.2, 0) is 9.59 Å². The molecule has 2 aromatic carbocycles. The molecular formula is C26H24N2O3S. The Morgan fingerprint density at radius 3 is 2.28 bits per heavy atom. The quantitative estimate of drug-likeness (QED) is 0.401. The van der Waals surface area contributed by atoms with Crippen molar-refractivity contribution in [2.24, 2.45) is 16.7 Å². The summed E-state index contributed by atoms with van der Waals surface area (Å²) in [5, 5.41) is 0.284. The minimum absolute atomic E-state index is 0.167. The van der Waals surface area contributed by atoms with Crippen molar-refractivity contribution in [2.75, 3.05) is 4.90 Å². The Balaban J connectivity index is 1.65. The van der Waals surface area contributed by atoms with Crippen molar-refractivity contribution < 1.29 is 14.4 Å². The van der Waals surface area contributed by atoms with Gasteiger partial charge in [-0.25, -0.2) is 9.88 Å². The van der Waals surface area contributed by atoms with Gasteiger partial charge in [0.15, 0.2) is 5.13 Å². The summed E-state index contributed by atoms with van der Waals surface area (Å²) in [4.78, 5) is 46.8. The van der Waals surface area contributed by atoms with Gasteiger partial charge in [-0.1, -0.05) is 92.8 Å². The van der Waals surface area contributed by atoms with E-state index in [0.29, 0.717) is 29.0 Å². The first kappa shape index (κ1) is 20.8. The van der Waals surface area contributed by atoms with Crippen LogP contribution in [0.4, 0.5) is 5.13 Å². The Morgan fingerprint density at radius 1 is 1.00 bits per heavy atom. The summed E-state index contributed by atoms with van der Waals surface area (Å²) in [6.45, 7) is 5.98. The predicted molar refractivity (Wildman–Crippen MR) is 125 cm³/mol. The van der Waals surface area contributed by atoms with E-state index < -0.39 is 10.8 Å². The minimum atomic E-state index is -0.631. The molecule has 2 aliphatic rings. The lowest BCUT2D eigenvalue weighted by molar-refractivity contribution is -0.146. The maximum absolute atomic E-state index is 13.6. The molecule has 0 spiro atoms. The van der Waals surface area contributed by atoms with Gasteiger partial charge in [0, 0.05) is 17.0 Å². The number of anilines is 1. The topological polar surface area (TPSA) is 67.3 Å². The lowest BCUT2D eigenvalue weighted by Crippen LogP contribution is -2.59. The van der Waals surface area contributed by atoms with Crippen LogP contribution in [0.25, 0.3) is 11.3 Å². The predicted octanol–water partition coefficient (Wildman–Crippen LogP) is 5.36. The second kappa shape index (κ2) is 7.20. The molecule has 2 amide bonds. The van der Waals surface area contributed by atoms with Crippen LogP contribution < -0.4 is 4.90 Å². The van der Waals surface area contributed by atoms with Gasteiger partial charge in [0.2, 0.25) is 17.6 Å². The fraction of sp³-hybridized carbons (Fsp3) is 0.308. The fourth-order valence-electron chi connectivity index (χ4n) is 5.07. The van der Waals surface area contributed by atoms with Crippen LogP contribution in [0.15, 0.2) is 60.7 Å². The van der Waals surface area contributed by atoms with Crippen LogP contribution in [0, 0.1) is 16.7 Å². The third-order valence-electron chi connectivity index (χ3n) is 7.52. The number of hydrogen-bond acceptors (Lipinski definition) is 5. The molecule has 2 heterocycles. The summed E-state index contributed by atoms with van der Waals surface area (Å²) < 4.78 is 0. The number of fused-ring (bicyclic) bond motifs is 2. The molecule has 1 aliphatic heterocycles. The van der Waals surface area contributed by atoms with E-state index in [9.17, 15) is 14.4 Å². The Morgan fingerprint density at radius 2 is 1.62 bits per heavy atom. The van der Waals surface area contributed by atoms with E-state index in [0.717, 1.165) is 16.9 Å². The summed E-state index contributed by atoms with van der Waals surface area (Å²) in [5.74, 6) is -0.822. The standard InChI is InChI=1S/C26H24N2O3S/c1-25(2)18-14-15-26(25,3)23(31)28(22(18)30)24-27-19(16-10-6-4-7-11-16)21(32-24)20(29)17-12-8-5-9-13-17/h4-13,18H,14-15H2,1-3H3/t18-,26+/m0/s1. The zero-order valence-electron chi connectivity index (χ0n) is 18.3. The molecule has 32 heavy (non-hydrogen) atoms. The van der Waals surface area contributed by atoms with Crippen molar-refractivity contribution in [1.29, 1.82) is 0 Å². The second-order valence-electron chi connectivity index (χ2n) is 9.36. The number of imide groups is 1. The average molecular weight is 445 g/mol. The van der Waals surface area contributed by atoms with E-state index in [4.69, 9.17) is 4.98 Å². The first-order valence-electron chi connectivity index (χ1n) is 10.8. The number of nitrogens with zero attached hydrogens (tertiary/aromatic N) is 2. The van der Waals surface area contributed by atoms with E-state index in [1.165, 1.54) is 4.90 Å². The molecule has 3 aromatic rings. The number of carbonyl (C=O) groups excluding carboxylic acids is 3. The summed E-state index contributed by atoms with van der Waals surface area (Å²) >= 11 is 1.13. The molecule has 1 aromatic heterocycles. The summed E-state index contributed by atoms with van der Waals surface area (Å²) in [6, 6.07) is 18.4. The van der Waals surface area contributed by atoms with Gasteiger partial charge >= 0.3 is 0 Å². The van der Waals surface area contributed by atoms with Crippen molar-refractivity contribution >= 4 is 34.1 Å². The minimum Gasteiger partial charge on any atom is -0.288 e. The Labute approximate surface area is 191 Å². The number of amides is 2. The number of benzene rings is 2. The maximum Gasteiger partial charge on any atom is 0.242 e. The van der Waals surface area contributed by atoms with Crippen LogP contribution in [0.3, 0.4) is 0 Å². The van der Waals surface area contributed by atoms with E-state index in [2.05, 4.69) is 0 Å². The third-order valence-corrected chi connectivity index (χ3v) is 8.56. The number of carbonyl (C=O) groups is 3. The lowest BCUT2D eigenvalue weighted by Gasteiger charge is -2.46. The van der Waals surface area contributed by atoms with Gasteiger partial charge in [0.05, 0.1) is 11.1 Å². The van der Waals surface area contributed by atoms with E-state index in [1.54, 1.807) is 12.1 Å². The maximum atomic E-state index is 13.6. The van der Waals surface area contributed by atoms with E-state index in [1.807, 2.05) is 69.3 Å². The summed E-state index contributed by atoms with van der Waals surface area (Å²) in [6.07, 6.45) is 1.37. The van der Waals surface area contributed by atoms with Crippen molar-refractivity contribution in [3.8, 4) is 11.3 Å². The second-order valence-corrected chi connectivity index (χ2v) is 10.3. The number of rotatable bonds is 4. The monoisotopic (exact) mass is 444 g/mol. The molecular weight excluding hydrogens is 420 g/mol. The molecule has 0 N–H and O–H groups in total. The molecule has 0 unspecified atom stereocenters. The molecule has 2 bridgehead atoms. The molecule has 162 valence electrons. The molecule has 5 nitrogen and oxygen atoms in total. The molecule has 0 radical (unpaired) electrons. The summed E-state index contributed by atoms with van der Waals surface area (Å²) in [7, 11) is 0. The summed E-state index contributed by atoms with van der Waals surface area (Å²) in [5.41, 5.74) is 0.792. The van der Waals surface area contributed by atoms with Gasteiger partial charge < -0.3 is 0 Å². The molecule has 2 atom stereocenters. The highest BCUT2D eigenvalue weighted by molar-refractivity contribution is 7.18. The normalized spacial score (nSPS) is 24.1. The molecule has 6 heteroatoms. The van der Waals surface area contributed by atoms with Gasteiger partial charge in [-0.3, -0.25) is 14.4 Å². The first-order chi connectivity index (χ1) is 15.3. The highest BCUT2D eigenvalue weighted by Crippen LogP contribution is 2.60. The first-order valence-corrected chi connectivity index (χ1v) is 11.6. The van der Waals surface area contributed by atoms with Gasteiger partial charge in [0.25, 0.3) is 0 Å². The van der Waals surface area contributed by atoms with Gasteiger partial charge in [0.1, 0.15) is 4.88 Å². The number of aromatic nitrogens is 1. The van der Waals surface area contributed by atoms with E-state index >= 15 is 0 Å². The number of ketones is 1. The van der Waals surface area contributed by atoms with Crippen molar-refractivity contribution in [3.63, 3.8) is 0 Å². The number of thiazole rings is 1. The van der Waals surface area contributed by atoms with Crippen LogP contribution in [0.5, 0.6) is 0 Å². The number of hydrogen-bond donors (Lipinski definition) is 0. The van der Waals surface area contributed by atoms with Crippen LogP contribution in [0.2, 0.25) is 0 Å². The van der Waals surface area contributed by atoms with Crippen LogP contribution in [-0.4, -0.2) is 22.6 Å². The van der Waals surface area contributed by atoms with Crippen molar-refractivity contribution in [3.05, 3.63) is 71.1 Å².